The lowest BCUT2D eigenvalue weighted by molar-refractivity contribution is -0.135. The zero-order valence-corrected chi connectivity index (χ0v) is 8.82. The Balaban J connectivity index is 2.18. The van der Waals surface area contributed by atoms with Gasteiger partial charge in [-0.1, -0.05) is 12.1 Å². The molecule has 4 heteroatoms. The van der Waals surface area contributed by atoms with Crippen LogP contribution in [0.3, 0.4) is 0 Å². The molecule has 2 rings (SSSR count). The van der Waals surface area contributed by atoms with Gasteiger partial charge in [0.25, 0.3) is 5.91 Å². The SMILES string of the molecule is O=C(O)CNC(=O)c1cccc2c1CCC2. The second-order valence-corrected chi connectivity index (χ2v) is 3.87. The summed E-state index contributed by atoms with van der Waals surface area (Å²) < 4.78 is 0. The number of carboxylic acids is 1. The van der Waals surface area contributed by atoms with Gasteiger partial charge in [-0.15, -0.1) is 0 Å². The molecule has 0 aliphatic heterocycles. The second kappa shape index (κ2) is 4.35. The van der Waals surface area contributed by atoms with E-state index in [2.05, 4.69) is 5.32 Å². The van der Waals surface area contributed by atoms with Crippen LogP contribution in [-0.2, 0) is 17.6 Å². The molecular formula is C12H13NO3. The van der Waals surface area contributed by atoms with Gasteiger partial charge in [-0.05, 0) is 36.5 Å². The van der Waals surface area contributed by atoms with Gasteiger partial charge in [0.2, 0.25) is 0 Å². The number of benzene rings is 1. The largest absolute Gasteiger partial charge is 0.480 e. The number of aryl methyl sites for hydroxylation is 1. The van der Waals surface area contributed by atoms with E-state index in [1.807, 2.05) is 12.1 Å². The van der Waals surface area contributed by atoms with E-state index in [1.165, 1.54) is 5.56 Å². The van der Waals surface area contributed by atoms with Crippen molar-refractivity contribution < 1.29 is 14.7 Å². The lowest BCUT2D eigenvalue weighted by Crippen LogP contribution is -2.29. The molecule has 16 heavy (non-hydrogen) atoms. The summed E-state index contributed by atoms with van der Waals surface area (Å²) in [6, 6.07) is 5.62. The lowest BCUT2D eigenvalue weighted by atomic mass is 10.0. The van der Waals surface area contributed by atoms with Gasteiger partial charge in [0.1, 0.15) is 6.54 Å². The molecule has 0 heterocycles. The fraction of sp³-hybridized carbons (Fsp3) is 0.333. The summed E-state index contributed by atoms with van der Waals surface area (Å²) in [5.74, 6) is -1.32. The molecule has 0 unspecified atom stereocenters. The predicted octanol–water partition coefficient (Wildman–Crippen LogP) is 0.990. The van der Waals surface area contributed by atoms with E-state index in [0.717, 1.165) is 24.8 Å². The highest BCUT2D eigenvalue weighted by Crippen LogP contribution is 2.24. The number of hydrogen-bond donors (Lipinski definition) is 2. The molecule has 2 N–H and O–H groups in total. The van der Waals surface area contributed by atoms with Crippen LogP contribution in [-0.4, -0.2) is 23.5 Å². The third-order valence-electron chi connectivity index (χ3n) is 2.79. The first kappa shape index (κ1) is 10.7. The van der Waals surface area contributed by atoms with Crippen molar-refractivity contribution in [3.63, 3.8) is 0 Å². The zero-order chi connectivity index (χ0) is 11.5. The summed E-state index contributed by atoms with van der Waals surface area (Å²) in [4.78, 5) is 22.1. The van der Waals surface area contributed by atoms with Gasteiger partial charge >= 0.3 is 5.97 Å². The van der Waals surface area contributed by atoms with Gasteiger partial charge in [0, 0.05) is 5.56 Å². The standard InChI is InChI=1S/C12H13NO3/c14-11(15)7-13-12(16)10-6-2-4-8-3-1-5-9(8)10/h2,4,6H,1,3,5,7H2,(H,13,16)(H,14,15). The third kappa shape index (κ3) is 2.05. The average Bonchev–Trinajstić information content (AvgIpc) is 2.73. The highest BCUT2D eigenvalue weighted by atomic mass is 16.4. The first-order valence-corrected chi connectivity index (χ1v) is 5.29. The van der Waals surface area contributed by atoms with Crippen LogP contribution in [0.2, 0.25) is 0 Å². The smallest absolute Gasteiger partial charge is 0.322 e. The van der Waals surface area contributed by atoms with Gasteiger partial charge in [0.15, 0.2) is 0 Å². The number of hydrogen-bond acceptors (Lipinski definition) is 2. The number of amides is 1. The molecule has 1 amide bonds. The Hall–Kier alpha value is -1.84. The number of rotatable bonds is 3. The van der Waals surface area contributed by atoms with E-state index >= 15 is 0 Å². The van der Waals surface area contributed by atoms with Gasteiger partial charge in [-0.3, -0.25) is 9.59 Å². The second-order valence-electron chi connectivity index (χ2n) is 3.87. The molecular weight excluding hydrogens is 206 g/mol. The summed E-state index contributed by atoms with van der Waals surface area (Å²) in [6.45, 7) is -0.331. The Labute approximate surface area is 93.3 Å². The maximum absolute atomic E-state index is 11.7. The fourth-order valence-corrected chi connectivity index (χ4v) is 2.08. The van der Waals surface area contributed by atoms with Crippen molar-refractivity contribution in [1.82, 2.24) is 5.32 Å². The summed E-state index contributed by atoms with van der Waals surface area (Å²) in [6.07, 6.45) is 2.99. The molecule has 84 valence electrons. The number of fused-ring (bicyclic) bond motifs is 1. The van der Waals surface area contributed by atoms with Crippen LogP contribution >= 0.6 is 0 Å². The Kier molecular flexibility index (Phi) is 2.90. The summed E-state index contributed by atoms with van der Waals surface area (Å²) in [7, 11) is 0. The van der Waals surface area contributed by atoms with Crippen molar-refractivity contribution in [2.75, 3.05) is 6.54 Å². The highest BCUT2D eigenvalue weighted by molar-refractivity contribution is 5.97. The molecule has 0 aromatic heterocycles. The van der Waals surface area contributed by atoms with Crippen molar-refractivity contribution in [3.8, 4) is 0 Å². The van der Waals surface area contributed by atoms with Crippen molar-refractivity contribution in [3.05, 3.63) is 34.9 Å². The average molecular weight is 219 g/mol. The lowest BCUT2D eigenvalue weighted by Gasteiger charge is -2.07. The van der Waals surface area contributed by atoms with Crippen LogP contribution in [0.5, 0.6) is 0 Å². The van der Waals surface area contributed by atoms with Crippen LogP contribution in [0.25, 0.3) is 0 Å². The van der Waals surface area contributed by atoms with E-state index < -0.39 is 5.97 Å². The van der Waals surface area contributed by atoms with Crippen LogP contribution in [0.15, 0.2) is 18.2 Å². The first-order valence-electron chi connectivity index (χ1n) is 5.29. The molecule has 0 spiro atoms. The third-order valence-corrected chi connectivity index (χ3v) is 2.79. The van der Waals surface area contributed by atoms with Crippen LogP contribution < -0.4 is 5.32 Å². The van der Waals surface area contributed by atoms with E-state index in [-0.39, 0.29) is 12.5 Å². The summed E-state index contributed by atoms with van der Waals surface area (Å²) in [5.41, 5.74) is 2.91. The van der Waals surface area contributed by atoms with Crippen molar-refractivity contribution in [2.24, 2.45) is 0 Å². The highest BCUT2D eigenvalue weighted by Gasteiger charge is 2.18. The van der Waals surface area contributed by atoms with Crippen molar-refractivity contribution in [2.45, 2.75) is 19.3 Å². The first-order chi connectivity index (χ1) is 7.68. The van der Waals surface area contributed by atoms with E-state index in [4.69, 9.17) is 5.11 Å². The number of carboxylic acid groups (broad SMARTS) is 1. The van der Waals surface area contributed by atoms with Crippen molar-refractivity contribution in [1.29, 1.82) is 0 Å². The Bertz CT molecular complexity index is 440. The minimum Gasteiger partial charge on any atom is -0.480 e. The van der Waals surface area contributed by atoms with Gasteiger partial charge in [-0.25, -0.2) is 0 Å². The molecule has 0 fully saturated rings. The monoisotopic (exact) mass is 219 g/mol. The molecule has 0 saturated heterocycles. The van der Waals surface area contributed by atoms with E-state index in [9.17, 15) is 9.59 Å². The fourth-order valence-electron chi connectivity index (χ4n) is 2.08. The van der Waals surface area contributed by atoms with Crippen molar-refractivity contribution >= 4 is 11.9 Å². The predicted molar refractivity (Wildman–Crippen MR) is 58.4 cm³/mol. The number of carbonyl (C=O) groups is 2. The molecule has 1 aliphatic rings. The molecule has 1 aliphatic carbocycles. The quantitative estimate of drug-likeness (QED) is 0.796. The van der Waals surface area contributed by atoms with Crippen LogP contribution in [0, 0.1) is 0 Å². The van der Waals surface area contributed by atoms with E-state index in [1.54, 1.807) is 6.07 Å². The minimum absolute atomic E-state index is 0.291. The molecule has 0 saturated carbocycles. The number of carbonyl (C=O) groups excluding carboxylic acids is 1. The van der Waals surface area contributed by atoms with Crippen LogP contribution in [0.1, 0.15) is 27.9 Å². The normalized spacial score (nSPS) is 13.2. The van der Waals surface area contributed by atoms with E-state index in [0.29, 0.717) is 5.56 Å². The Morgan fingerprint density at radius 2 is 2.12 bits per heavy atom. The number of aliphatic carboxylic acids is 1. The summed E-state index contributed by atoms with van der Waals surface area (Å²) in [5, 5.41) is 10.9. The minimum atomic E-state index is -1.03. The molecule has 4 nitrogen and oxygen atoms in total. The molecule has 1 aromatic rings. The zero-order valence-electron chi connectivity index (χ0n) is 8.82. The molecule has 0 radical (unpaired) electrons. The Morgan fingerprint density at radius 1 is 1.31 bits per heavy atom. The topological polar surface area (TPSA) is 66.4 Å². The molecule has 0 atom stereocenters. The summed E-state index contributed by atoms with van der Waals surface area (Å²) >= 11 is 0. The van der Waals surface area contributed by atoms with Gasteiger partial charge in [0.05, 0.1) is 0 Å². The molecule has 1 aromatic carbocycles. The van der Waals surface area contributed by atoms with Crippen LogP contribution in [0.4, 0.5) is 0 Å². The maximum atomic E-state index is 11.7. The maximum Gasteiger partial charge on any atom is 0.322 e. The molecule has 0 bridgehead atoms. The van der Waals surface area contributed by atoms with Gasteiger partial charge < -0.3 is 10.4 Å². The van der Waals surface area contributed by atoms with Gasteiger partial charge in [-0.2, -0.15) is 0 Å². The Morgan fingerprint density at radius 3 is 2.88 bits per heavy atom. The number of nitrogens with one attached hydrogen (secondary N) is 1.